The second-order valence-corrected chi connectivity index (χ2v) is 2.73. The maximum Gasteiger partial charge on any atom is 0.333 e. The fraction of sp³-hybridized carbons (Fsp3) is 0.364. The molecule has 0 saturated carbocycles. The molecule has 1 N–H and O–H groups in total. The van der Waals surface area contributed by atoms with E-state index in [0.717, 1.165) is 6.08 Å². The molecule has 0 heterocycles. The topological polar surface area (TPSA) is 93.0 Å². The van der Waals surface area contributed by atoms with Crippen molar-refractivity contribution in [2.75, 3.05) is 13.2 Å². The quantitative estimate of drug-likeness (QED) is 0.255. The number of carbonyl (C=O) groups excluding carboxylic acids is 2. The van der Waals surface area contributed by atoms with Crippen LogP contribution in [0.15, 0.2) is 29.3 Å². The first-order valence-corrected chi connectivity index (χ1v) is 4.67. The van der Waals surface area contributed by atoms with E-state index >= 15 is 0 Å². The number of nitrogens with zero attached hydrogens (tertiary/aromatic N) is 1. The summed E-state index contributed by atoms with van der Waals surface area (Å²) in [6, 6.07) is 0. The number of allylic oxidation sites excluding steroid dienone is 1. The number of isocyanates is 1. The van der Waals surface area contributed by atoms with Gasteiger partial charge in [0.2, 0.25) is 6.08 Å². The van der Waals surface area contributed by atoms with E-state index in [1.807, 2.05) is 0 Å². The lowest BCUT2D eigenvalue weighted by molar-refractivity contribution is -0.138. The fourth-order valence-electron chi connectivity index (χ4n) is 0.495. The molecule has 0 bridgehead atoms. The normalized spacial score (nSPS) is 8.59. The third kappa shape index (κ3) is 16.5. The number of hydrogen-bond acceptors (Lipinski definition) is 5. The molecule has 0 aliphatic carbocycles. The first-order valence-electron chi connectivity index (χ1n) is 4.67. The van der Waals surface area contributed by atoms with Crippen LogP contribution < -0.4 is 0 Å². The van der Waals surface area contributed by atoms with Crippen LogP contribution in [0.4, 0.5) is 0 Å². The van der Waals surface area contributed by atoms with E-state index in [4.69, 9.17) is 5.11 Å². The van der Waals surface area contributed by atoms with Crippen molar-refractivity contribution in [3.8, 4) is 0 Å². The average molecular weight is 241 g/mol. The summed E-state index contributed by atoms with van der Waals surface area (Å²) in [5, 5.41) is 7.83. The average Bonchev–Trinajstić information content (AvgIpc) is 2.24. The van der Waals surface area contributed by atoms with E-state index in [9.17, 15) is 14.4 Å². The summed E-state index contributed by atoms with van der Waals surface area (Å²) >= 11 is 0. The highest BCUT2D eigenvalue weighted by atomic mass is 16.5. The number of esters is 1. The van der Waals surface area contributed by atoms with E-state index in [-0.39, 0.29) is 13.2 Å². The summed E-state index contributed by atoms with van der Waals surface area (Å²) in [6.45, 7) is 6.83. The molecule has 17 heavy (non-hydrogen) atoms. The molecule has 0 amide bonds. The maximum absolute atomic E-state index is 10.6. The van der Waals surface area contributed by atoms with Crippen LogP contribution in [0.5, 0.6) is 0 Å². The van der Waals surface area contributed by atoms with Crippen LogP contribution in [0.2, 0.25) is 0 Å². The largest absolute Gasteiger partial charge is 0.478 e. The second kappa shape index (κ2) is 11.9. The molecule has 0 saturated heterocycles. The van der Waals surface area contributed by atoms with Gasteiger partial charge in [0.1, 0.15) is 6.61 Å². The summed E-state index contributed by atoms with van der Waals surface area (Å²) < 4.78 is 4.59. The van der Waals surface area contributed by atoms with Crippen LogP contribution in [-0.4, -0.2) is 36.3 Å². The summed E-state index contributed by atoms with van der Waals surface area (Å²) in [6.07, 6.45) is 3.89. The number of carboxylic acid groups (broad SMARTS) is 1. The summed E-state index contributed by atoms with van der Waals surface area (Å²) in [4.78, 5) is 32.9. The highest BCUT2D eigenvalue weighted by molar-refractivity contribution is 5.86. The van der Waals surface area contributed by atoms with Gasteiger partial charge in [-0.3, -0.25) is 0 Å². The van der Waals surface area contributed by atoms with E-state index in [1.165, 1.54) is 12.2 Å². The lowest BCUT2D eigenvalue weighted by Gasteiger charge is -1.99. The van der Waals surface area contributed by atoms with Crippen molar-refractivity contribution < 1.29 is 24.2 Å². The van der Waals surface area contributed by atoms with Crippen molar-refractivity contribution in [3.63, 3.8) is 0 Å². The molecule has 0 aromatic heterocycles. The minimum absolute atomic E-state index is 0.0981. The number of ether oxygens (including phenoxy) is 1. The van der Waals surface area contributed by atoms with Crippen LogP contribution in [0, 0.1) is 0 Å². The molecule has 94 valence electrons. The molecule has 0 aromatic carbocycles. The van der Waals surface area contributed by atoms with Crippen LogP contribution in [0.1, 0.15) is 13.8 Å². The van der Waals surface area contributed by atoms with Crippen LogP contribution in [0.25, 0.3) is 0 Å². The van der Waals surface area contributed by atoms with Crippen molar-refractivity contribution >= 4 is 18.0 Å². The van der Waals surface area contributed by atoms with E-state index < -0.39 is 11.9 Å². The van der Waals surface area contributed by atoms with Gasteiger partial charge in [0.15, 0.2) is 0 Å². The van der Waals surface area contributed by atoms with Crippen LogP contribution >= 0.6 is 0 Å². The lowest BCUT2D eigenvalue weighted by Crippen LogP contribution is -2.07. The van der Waals surface area contributed by atoms with Gasteiger partial charge in [-0.2, -0.15) is 0 Å². The number of hydrogen-bond donors (Lipinski definition) is 1. The summed E-state index contributed by atoms with van der Waals surface area (Å²) in [7, 11) is 0. The van der Waals surface area contributed by atoms with Crippen molar-refractivity contribution in [3.05, 3.63) is 24.3 Å². The number of aliphatic imine (C=N–C) groups is 1. The molecule has 0 spiro atoms. The molecule has 0 aliphatic heterocycles. The van der Waals surface area contributed by atoms with Gasteiger partial charge in [-0.25, -0.2) is 19.4 Å². The van der Waals surface area contributed by atoms with Gasteiger partial charge in [0.05, 0.1) is 6.54 Å². The van der Waals surface area contributed by atoms with E-state index in [2.05, 4.69) is 16.3 Å². The molecular weight excluding hydrogens is 226 g/mol. The molecule has 0 radical (unpaired) electrons. The highest BCUT2D eigenvalue weighted by Crippen LogP contribution is 1.90. The van der Waals surface area contributed by atoms with Gasteiger partial charge >= 0.3 is 11.9 Å². The molecular formula is C11H15NO5. The van der Waals surface area contributed by atoms with Crippen molar-refractivity contribution in [2.24, 2.45) is 4.99 Å². The van der Waals surface area contributed by atoms with E-state index in [0.29, 0.717) is 5.57 Å². The predicted octanol–water partition coefficient (Wildman–Crippen LogP) is 1.09. The minimum atomic E-state index is -0.891. The Morgan fingerprint density at radius 3 is 2.41 bits per heavy atom. The molecule has 6 heteroatoms. The third-order valence-electron chi connectivity index (χ3n) is 1.16. The van der Waals surface area contributed by atoms with Gasteiger partial charge in [-0.05, 0) is 13.8 Å². The van der Waals surface area contributed by atoms with Crippen molar-refractivity contribution in [1.82, 2.24) is 0 Å². The number of carboxylic acids is 1. The standard InChI is InChI=1S/C7H9NO3.C4H6O2/c1-6(2)7(10)11-4-3-8-5-9;1-2-3-4(5)6/h1,3-4H2,2H3;2-3H,1H3,(H,5,6). The molecule has 0 unspecified atom stereocenters. The van der Waals surface area contributed by atoms with Gasteiger partial charge < -0.3 is 9.84 Å². The number of rotatable bonds is 5. The van der Waals surface area contributed by atoms with Crippen LogP contribution in [-0.2, 0) is 19.1 Å². The first-order chi connectivity index (χ1) is 7.95. The van der Waals surface area contributed by atoms with Crippen molar-refractivity contribution in [2.45, 2.75) is 13.8 Å². The van der Waals surface area contributed by atoms with Crippen molar-refractivity contribution in [1.29, 1.82) is 0 Å². The SMILES string of the molecule is C=C(C)C(=O)OCCN=C=O.CC=CC(=O)O. The molecule has 0 rings (SSSR count). The predicted molar refractivity (Wildman–Crippen MR) is 61.2 cm³/mol. The van der Waals surface area contributed by atoms with Gasteiger partial charge in [0.25, 0.3) is 0 Å². The fourth-order valence-corrected chi connectivity index (χ4v) is 0.495. The zero-order valence-electron chi connectivity index (χ0n) is 9.80. The molecule has 0 atom stereocenters. The highest BCUT2D eigenvalue weighted by Gasteiger charge is 2.00. The summed E-state index contributed by atoms with van der Waals surface area (Å²) in [5.74, 6) is -1.36. The second-order valence-electron chi connectivity index (χ2n) is 2.73. The summed E-state index contributed by atoms with van der Waals surface area (Å²) in [5.41, 5.74) is 0.333. The lowest BCUT2D eigenvalue weighted by atomic mass is 10.4. The zero-order valence-corrected chi connectivity index (χ0v) is 9.80. The molecule has 0 aromatic rings. The molecule has 6 nitrogen and oxygen atoms in total. The Hall–Kier alpha value is -2.20. The zero-order chi connectivity index (χ0) is 13.7. The smallest absolute Gasteiger partial charge is 0.333 e. The Labute approximate surface area is 99.3 Å². The minimum Gasteiger partial charge on any atom is -0.478 e. The van der Waals surface area contributed by atoms with Gasteiger partial charge in [0, 0.05) is 11.6 Å². The van der Waals surface area contributed by atoms with Gasteiger partial charge in [-0.1, -0.05) is 12.7 Å². The van der Waals surface area contributed by atoms with Crippen LogP contribution in [0.3, 0.4) is 0 Å². The first kappa shape index (κ1) is 17.2. The monoisotopic (exact) mass is 241 g/mol. The molecule has 0 aliphatic rings. The van der Waals surface area contributed by atoms with E-state index in [1.54, 1.807) is 13.8 Å². The third-order valence-corrected chi connectivity index (χ3v) is 1.16. The maximum atomic E-state index is 10.6. The Bertz CT molecular complexity index is 340. The Balaban J connectivity index is 0. The Morgan fingerprint density at radius 2 is 2.12 bits per heavy atom. The number of carbonyl (C=O) groups is 2. The Kier molecular flexibility index (Phi) is 12.0. The van der Waals surface area contributed by atoms with Gasteiger partial charge in [-0.15, -0.1) is 0 Å². The molecule has 0 fully saturated rings. The Morgan fingerprint density at radius 1 is 1.53 bits per heavy atom. The number of aliphatic carboxylic acids is 1.